The van der Waals surface area contributed by atoms with E-state index in [1.807, 2.05) is 11.8 Å². The molecule has 4 N–H and O–H groups in total. The van der Waals surface area contributed by atoms with Gasteiger partial charge in [0.25, 0.3) is 0 Å². The Labute approximate surface area is 89.9 Å². The van der Waals surface area contributed by atoms with Crippen molar-refractivity contribution in [3.8, 4) is 0 Å². The number of nitrogens with two attached hydrogens (primary N) is 1. The second kappa shape index (κ2) is 4.47. The largest absolute Gasteiger partial charge is 0.479 e. The number of β-amino-alcohol motifs (C(OH)–C–C–N with tert-alkyl or cyclic N) is 1. The number of likely N-dealkylation sites (tertiary alicyclic amines) is 1. The summed E-state index contributed by atoms with van der Waals surface area (Å²) in [6.45, 7) is 5.06. The van der Waals surface area contributed by atoms with Gasteiger partial charge >= 0.3 is 5.97 Å². The van der Waals surface area contributed by atoms with E-state index in [4.69, 9.17) is 10.8 Å². The van der Waals surface area contributed by atoms with E-state index in [0.717, 1.165) is 19.5 Å². The first-order valence-corrected chi connectivity index (χ1v) is 5.26. The summed E-state index contributed by atoms with van der Waals surface area (Å²) in [6, 6.07) is 0.191. The Balaban J connectivity index is 2.50. The molecule has 0 aromatic rings. The first-order chi connectivity index (χ1) is 6.83. The number of aliphatic hydroxyl groups is 1. The summed E-state index contributed by atoms with van der Waals surface area (Å²) in [5, 5.41) is 18.4. The van der Waals surface area contributed by atoms with Crippen LogP contribution in [0.5, 0.6) is 0 Å². The van der Waals surface area contributed by atoms with Gasteiger partial charge in [0.05, 0.1) is 0 Å². The summed E-state index contributed by atoms with van der Waals surface area (Å²) in [6.07, 6.45) is 0.858. The second-order valence-corrected chi connectivity index (χ2v) is 4.74. The third-order valence-electron chi connectivity index (χ3n) is 3.05. The second-order valence-electron chi connectivity index (χ2n) is 4.74. The normalized spacial score (nSPS) is 32.3. The Bertz CT molecular complexity index is 243. The van der Waals surface area contributed by atoms with Gasteiger partial charge in [0, 0.05) is 19.1 Å². The number of aliphatic carboxylic acids is 1. The van der Waals surface area contributed by atoms with Gasteiger partial charge in [-0.3, -0.25) is 4.90 Å². The zero-order chi connectivity index (χ0) is 11.6. The van der Waals surface area contributed by atoms with Gasteiger partial charge in [-0.2, -0.15) is 0 Å². The quantitative estimate of drug-likeness (QED) is 0.591. The highest BCUT2D eigenvalue weighted by molar-refractivity contribution is 5.76. The Morgan fingerprint density at radius 1 is 1.67 bits per heavy atom. The molecule has 1 aliphatic rings. The monoisotopic (exact) mass is 216 g/mol. The van der Waals surface area contributed by atoms with Gasteiger partial charge in [-0.25, -0.2) is 4.79 Å². The molecule has 1 rings (SSSR count). The van der Waals surface area contributed by atoms with E-state index in [-0.39, 0.29) is 12.6 Å². The van der Waals surface area contributed by atoms with E-state index in [2.05, 4.69) is 0 Å². The molecule has 0 aromatic heterocycles. The molecule has 1 heterocycles. The summed E-state index contributed by atoms with van der Waals surface area (Å²) < 4.78 is 0. The molecule has 88 valence electrons. The minimum atomic E-state index is -1.67. The molecule has 0 aromatic carbocycles. The number of rotatable bonds is 3. The molecule has 1 fully saturated rings. The van der Waals surface area contributed by atoms with E-state index in [9.17, 15) is 9.90 Å². The molecule has 3 atom stereocenters. The van der Waals surface area contributed by atoms with E-state index in [1.165, 1.54) is 6.92 Å². The topological polar surface area (TPSA) is 86.8 Å². The summed E-state index contributed by atoms with van der Waals surface area (Å²) in [4.78, 5) is 12.7. The molecule has 0 aliphatic carbocycles. The molecule has 1 saturated heterocycles. The van der Waals surface area contributed by atoms with Gasteiger partial charge in [-0.05, 0) is 25.8 Å². The minimum absolute atomic E-state index is 0.166. The fraction of sp³-hybridized carbons (Fsp3) is 0.900. The first kappa shape index (κ1) is 12.4. The van der Waals surface area contributed by atoms with Crippen LogP contribution in [0.3, 0.4) is 0 Å². The smallest absolute Gasteiger partial charge is 0.336 e. The van der Waals surface area contributed by atoms with Gasteiger partial charge in [-0.1, -0.05) is 6.92 Å². The lowest BCUT2D eigenvalue weighted by molar-refractivity contribution is -0.158. The van der Waals surface area contributed by atoms with E-state index in [1.54, 1.807) is 0 Å². The number of carbonyl (C=O) groups is 1. The molecular formula is C10H20N2O3. The minimum Gasteiger partial charge on any atom is -0.479 e. The zero-order valence-corrected chi connectivity index (χ0v) is 9.31. The van der Waals surface area contributed by atoms with Crippen LogP contribution < -0.4 is 5.73 Å². The predicted octanol–water partition coefficient (Wildman–Crippen LogP) is -0.509. The van der Waals surface area contributed by atoms with Crippen LogP contribution in [0.4, 0.5) is 0 Å². The van der Waals surface area contributed by atoms with E-state index >= 15 is 0 Å². The highest BCUT2D eigenvalue weighted by Gasteiger charge is 2.34. The average Bonchev–Trinajstić information content (AvgIpc) is 2.10. The van der Waals surface area contributed by atoms with Crippen molar-refractivity contribution in [2.75, 3.05) is 19.6 Å². The van der Waals surface area contributed by atoms with Crippen LogP contribution in [0.15, 0.2) is 0 Å². The van der Waals surface area contributed by atoms with Crippen LogP contribution in [0.1, 0.15) is 20.3 Å². The number of piperidine rings is 1. The van der Waals surface area contributed by atoms with Crippen molar-refractivity contribution in [2.24, 2.45) is 11.7 Å². The summed E-state index contributed by atoms with van der Waals surface area (Å²) in [7, 11) is 0. The van der Waals surface area contributed by atoms with Crippen molar-refractivity contribution in [1.29, 1.82) is 0 Å². The molecule has 0 amide bonds. The standard InChI is InChI=1S/C10H20N2O3/c1-7-5-12(4-3-8(7)11)6-10(2,15)9(13)14/h7-8,15H,3-6,11H2,1-2H3,(H,13,14). The van der Waals surface area contributed by atoms with Crippen molar-refractivity contribution in [3.05, 3.63) is 0 Å². The number of carboxylic acids is 1. The molecule has 0 saturated carbocycles. The van der Waals surface area contributed by atoms with Crippen molar-refractivity contribution < 1.29 is 15.0 Å². The Hall–Kier alpha value is -0.650. The molecule has 3 unspecified atom stereocenters. The lowest BCUT2D eigenvalue weighted by Gasteiger charge is -2.37. The molecule has 0 radical (unpaired) electrons. The molecular weight excluding hydrogens is 196 g/mol. The van der Waals surface area contributed by atoms with Gasteiger partial charge in [0.1, 0.15) is 0 Å². The van der Waals surface area contributed by atoms with Crippen molar-refractivity contribution in [1.82, 2.24) is 4.90 Å². The van der Waals surface area contributed by atoms with E-state index in [0.29, 0.717) is 5.92 Å². The fourth-order valence-corrected chi connectivity index (χ4v) is 1.90. The van der Waals surface area contributed by atoms with E-state index < -0.39 is 11.6 Å². The van der Waals surface area contributed by atoms with Crippen LogP contribution >= 0.6 is 0 Å². The zero-order valence-electron chi connectivity index (χ0n) is 9.31. The van der Waals surface area contributed by atoms with Gasteiger partial charge < -0.3 is 15.9 Å². The summed E-state index contributed by atoms with van der Waals surface area (Å²) >= 11 is 0. The highest BCUT2D eigenvalue weighted by atomic mass is 16.4. The molecule has 0 bridgehead atoms. The van der Waals surface area contributed by atoms with Crippen LogP contribution in [-0.2, 0) is 4.79 Å². The number of hydrogen-bond acceptors (Lipinski definition) is 4. The average molecular weight is 216 g/mol. The Morgan fingerprint density at radius 3 is 2.73 bits per heavy atom. The SMILES string of the molecule is CC1CN(CC(C)(O)C(=O)O)CCC1N. The lowest BCUT2D eigenvalue weighted by atomic mass is 9.93. The maximum absolute atomic E-state index is 10.7. The maximum atomic E-state index is 10.7. The highest BCUT2D eigenvalue weighted by Crippen LogP contribution is 2.17. The molecule has 5 nitrogen and oxygen atoms in total. The van der Waals surface area contributed by atoms with Crippen LogP contribution in [0, 0.1) is 5.92 Å². The van der Waals surface area contributed by atoms with Gasteiger partial charge in [0.2, 0.25) is 0 Å². The van der Waals surface area contributed by atoms with Crippen molar-refractivity contribution >= 4 is 5.97 Å². The summed E-state index contributed by atoms with van der Waals surface area (Å²) in [5.41, 5.74) is 4.19. The molecule has 5 heteroatoms. The van der Waals surface area contributed by atoms with Crippen LogP contribution in [-0.4, -0.2) is 52.4 Å². The van der Waals surface area contributed by atoms with Gasteiger partial charge in [-0.15, -0.1) is 0 Å². The van der Waals surface area contributed by atoms with Crippen LogP contribution in [0.25, 0.3) is 0 Å². The van der Waals surface area contributed by atoms with Gasteiger partial charge in [0.15, 0.2) is 5.60 Å². The summed E-state index contributed by atoms with van der Waals surface area (Å²) in [5.74, 6) is -0.826. The van der Waals surface area contributed by atoms with Crippen molar-refractivity contribution in [2.45, 2.75) is 31.9 Å². The fourth-order valence-electron chi connectivity index (χ4n) is 1.90. The molecule has 15 heavy (non-hydrogen) atoms. The molecule has 0 spiro atoms. The number of hydrogen-bond donors (Lipinski definition) is 3. The maximum Gasteiger partial charge on any atom is 0.336 e. The van der Waals surface area contributed by atoms with Crippen molar-refractivity contribution in [3.63, 3.8) is 0 Å². The number of nitrogens with zero attached hydrogens (tertiary/aromatic N) is 1. The third kappa shape index (κ3) is 3.15. The molecule has 1 aliphatic heterocycles. The third-order valence-corrected chi connectivity index (χ3v) is 3.05. The lowest BCUT2D eigenvalue weighted by Crippen LogP contribution is -2.53. The first-order valence-electron chi connectivity index (χ1n) is 5.26. The predicted molar refractivity (Wildman–Crippen MR) is 56.5 cm³/mol. The Morgan fingerprint density at radius 2 is 2.27 bits per heavy atom. The van der Waals surface area contributed by atoms with Crippen LogP contribution in [0.2, 0.25) is 0 Å². The Kier molecular flexibility index (Phi) is 3.70. The number of carboxylic acid groups (broad SMARTS) is 1.